The predicted octanol–water partition coefficient (Wildman–Crippen LogP) is 2.46. The fourth-order valence-corrected chi connectivity index (χ4v) is 1.12. The van der Waals surface area contributed by atoms with Gasteiger partial charge in [-0.05, 0) is 12.5 Å². The molecule has 0 radical (unpaired) electrons. The Bertz CT molecular complexity index is 327. The van der Waals surface area contributed by atoms with E-state index < -0.39 is 30.2 Å². The standard InChI is InChI=1S/C9H9F4N/c10-2-1-8(14)6-3-5(11)4-7(12)9(6)13/h3-4,8H,1-2,14H2/t8-/m1/s1. The smallest absolute Gasteiger partial charge is 0.163 e. The molecule has 0 unspecified atom stereocenters. The van der Waals surface area contributed by atoms with Crippen molar-refractivity contribution in [3.8, 4) is 0 Å². The van der Waals surface area contributed by atoms with Gasteiger partial charge in [0.05, 0.1) is 6.67 Å². The number of alkyl halides is 1. The highest BCUT2D eigenvalue weighted by atomic mass is 19.2. The zero-order valence-electron chi connectivity index (χ0n) is 7.24. The minimum atomic E-state index is -1.31. The summed E-state index contributed by atoms with van der Waals surface area (Å²) in [5.41, 5.74) is 5.00. The fraction of sp³-hybridized carbons (Fsp3) is 0.333. The Kier molecular flexibility index (Phi) is 3.46. The summed E-state index contributed by atoms with van der Waals surface area (Å²) in [5, 5.41) is 0. The highest BCUT2D eigenvalue weighted by Crippen LogP contribution is 2.21. The number of hydrogen-bond donors (Lipinski definition) is 1. The van der Waals surface area contributed by atoms with Crippen molar-refractivity contribution >= 4 is 0 Å². The van der Waals surface area contributed by atoms with Crippen LogP contribution >= 0.6 is 0 Å². The second-order valence-electron chi connectivity index (χ2n) is 2.87. The highest BCUT2D eigenvalue weighted by molar-refractivity contribution is 5.23. The van der Waals surface area contributed by atoms with E-state index in [9.17, 15) is 17.6 Å². The van der Waals surface area contributed by atoms with E-state index in [1.807, 2.05) is 0 Å². The van der Waals surface area contributed by atoms with Crippen LogP contribution in [0.2, 0.25) is 0 Å². The van der Waals surface area contributed by atoms with Gasteiger partial charge in [-0.15, -0.1) is 0 Å². The summed E-state index contributed by atoms with van der Waals surface area (Å²) in [6.07, 6.45) is -0.167. The molecule has 1 rings (SSSR count). The third kappa shape index (κ3) is 2.23. The van der Waals surface area contributed by atoms with Gasteiger partial charge in [0.25, 0.3) is 0 Å². The van der Waals surface area contributed by atoms with Crippen LogP contribution in [0.15, 0.2) is 12.1 Å². The normalized spacial score (nSPS) is 12.9. The Morgan fingerprint density at radius 1 is 1.21 bits per heavy atom. The Balaban J connectivity index is 3.07. The number of halogens is 4. The van der Waals surface area contributed by atoms with Gasteiger partial charge in [-0.25, -0.2) is 13.2 Å². The van der Waals surface area contributed by atoms with Crippen molar-refractivity contribution in [3.63, 3.8) is 0 Å². The number of hydrogen-bond acceptors (Lipinski definition) is 1. The summed E-state index contributed by atoms with van der Waals surface area (Å²) in [4.78, 5) is 0. The van der Waals surface area contributed by atoms with Crippen molar-refractivity contribution in [1.29, 1.82) is 0 Å². The van der Waals surface area contributed by atoms with Gasteiger partial charge in [0, 0.05) is 17.7 Å². The second kappa shape index (κ2) is 4.41. The van der Waals surface area contributed by atoms with Gasteiger partial charge < -0.3 is 5.73 Å². The maximum Gasteiger partial charge on any atom is 0.163 e. The molecule has 0 aliphatic carbocycles. The number of nitrogens with two attached hydrogens (primary N) is 1. The first-order chi connectivity index (χ1) is 6.56. The zero-order chi connectivity index (χ0) is 10.7. The van der Waals surface area contributed by atoms with Gasteiger partial charge in [0.2, 0.25) is 0 Å². The molecule has 2 N–H and O–H groups in total. The maximum absolute atomic E-state index is 13.0. The van der Waals surface area contributed by atoms with Crippen molar-refractivity contribution in [2.75, 3.05) is 6.67 Å². The van der Waals surface area contributed by atoms with Crippen molar-refractivity contribution in [1.82, 2.24) is 0 Å². The monoisotopic (exact) mass is 207 g/mol. The molecule has 1 aromatic carbocycles. The van der Waals surface area contributed by atoms with E-state index in [0.717, 1.165) is 6.07 Å². The summed E-state index contributed by atoms with van der Waals surface area (Å²) in [7, 11) is 0. The van der Waals surface area contributed by atoms with Gasteiger partial charge in [-0.2, -0.15) is 0 Å². The average molecular weight is 207 g/mol. The number of rotatable bonds is 3. The van der Waals surface area contributed by atoms with Gasteiger partial charge in [-0.1, -0.05) is 0 Å². The molecule has 0 bridgehead atoms. The molecular weight excluding hydrogens is 198 g/mol. The van der Waals surface area contributed by atoms with Crippen molar-refractivity contribution in [2.45, 2.75) is 12.5 Å². The van der Waals surface area contributed by atoms with Crippen LogP contribution in [0.25, 0.3) is 0 Å². The lowest BCUT2D eigenvalue weighted by molar-refractivity contribution is 0.423. The lowest BCUT2D eigenvalue weighted by Crippen LogP contribution is -2.14. The van der Waals surface area contributed by atoms with Gasteiger partial charge >= 0.3 is 0 Å². The quantitative estimate of drug-likeness (QED) is 0.598. The Hall–Kier alpha value is -1.10. The molecule has 0 aromatic heterocycles. The Morgan fingerprint density at radius 2 is 1.86 bits per heavy atom. The predicted molar refractivity (Wildman–Crippen MR) is 43.8 cm³/mol. The minimum absolute atomic E-state index is 0.167. The van der Waals surface area contributed by atoms with E-state index >= 15 is 0 Å². The summed E-state index contributed by atoms with van der Waals surface area (Å²) in [6, 6.07) is 0.171. The largest absolute Gasteiger partial charge is 0.324 e. The Morgan fingerprint density at radius 3 is 2.43 bits per heavy atom. The summed E-state index contributed by atoms with van der Waals surface area (Å²) < 4.78 is 50.2. The molecule has 5 heteroatoms. The minimum Gasteiger partial charge on any atom is -0.324 e. The molecule has 0 amide bonds. The van der Waals surface area contributed by atoms with Crippen LogP contribution in [0, 0.1) is 17.5 Å². The number of benzene rings is 1. The highest BCUT2D eigenvalue weighted by Gasteiger charge is 2.16. The third-order valence-electron chi connectivity index (χ3n) is 1.84. The van der Waals surface area contributed by atoms with Crippen LogP contribution in [-0.2, 0) is 0 Å². The SMILES string of the molecule is N[C@H](CCF)c1cc(F)cc(F)c1F. The van der Waals surface area contributed by atoms with Crippen molar-refractivity contribution < 1.29 is 17.6 Å². The lowest BCUT2D eigenvalue weighted by atomic mass is 10.0. The van der Waals surface area contributed by atoms with E-state index in [2.05, 4.69) is 0 Å². The van der Waals surface area contributed by atoms with E-state index in [-0.39, 0.29) is 12.0 Å². The van der Waals surface area contributed by atoms with Crippen LogP contribution in [0.3, 0.4) is 0 Å². The third-order valence-corrected chi connectivity index (χ3v) is 1.84. The molecule has 0 heterocycles. The van der Waals surface area contributed by atoms with Crippen molar-refractivity contribution in [2.24, 2.45) is 5.73 Å². The summed E-state index contributed by atoms with van der Waals surface area (Å²) >= 11 is 0. The average Bonchev–Trinajstić information content (AvgIpc) is 2.11. The molecule has 1 aromatic rings. The van der Waals surface area contributed by atoms with Crippen LogP contribution in [0.4, 0.5) is 17.6 Å². The zero-order valence-corrected chi connectivity index (χ0v) is 7.24. The summed E-state index contributed by atoms with van der Waals surface area (Å²) in [5.74, 6) is -3.45. The first-order valence-corrected chi connectivity index (χ1v) is 4.02. The first kappa shape index (κ1) is 11.0. The van der Waals surface area contributed by atoms with Crippen LogP contribution in [0.5, 0.6) is 0 Å². The van der Waals surface area contributed by atoms with Crippen LogP contribution in [-0.4, -0.2) is 6.67 Å². The Labute approximate surface area is 78.5 Å². The molecule has 0 fully saturated rings. The van der Waals surface area contributed by atoms with Crippen LogP contribution in [0.1, 0.15) is 18.0 Å². The molecule has 0 saturated carbocycles. The molecule has 0 saturated heterocycles. The van der Waals surface area contributed by atoms with Crippen molar-refractivity contribution in [3.05, 3.63) is 35.1 Å². The molecule has 1 atom stereocenters. The summed E-state index contributed by atoms with van der Waals surface area (Å²) in [6.45, 7) is -0.765. The molecule has 14 heavy (non-hydrogen) atoms. The topological polar surface area (TPSA) is 26.0 Å². The first-order valence-electron chi connectivity index (χ1n) is 4.02. The molecule has 1 nitrogen and oxygen atoms in total. The molecule has 0 spiro atoms. The molecule has 0 aliphatic heterocycles. The lowest BCUT2D eigenvalue weighted by Gasteiger charge is -2.11. The second-order valence-corrected chi connectivity index (χ2v) is 2.87. The maximum atomic E-state index is 13.0. The van der Waals surface area contributed by atoms with Crippen LogP contribution < -0.4 is 5.73 Å². The van der Waals surface area contributed by atoms with Gasteiger partial charge in [-0.3, -0.25) is 4.39 Å². The van der Waals surface area contributed by atoms with Gasteiger partial charge in [0.1, 0.15) is 5.82 Å². The fourth-order valence-electron chi connectivity index (χ4n) is 1.12. The van der Waals surface area contributed by atoms with E-state index in [1.165, 1.54) is 0 Å². The van der Waals surface area contributed by atoms with Gasteiger partial charge in [0.15, 0.2) is 11.6 Å². The van der Waals surface area contributed by atoms with E-state index in [4.69, 9.17) is 5.73 Å². The molecule has 78 valence electrons. The van der Waals surface area contributed by atoms with E-state index in [1.54, 1.807) is 0 Å². The molecule has 0 aliphatic rings. The molecular formula is C9H9F4N. The van der Waals surface area contributed by atoms with E-state index in [0.29, 0.717) is 6.07 Å².